The third-order valence-electron chi connectivity index (χ3n) is 5.56. The van der Waals surface area contributed by atoms with Crippen molar-refractivity contribution in [2.24, 2.45) is 7.05 Å². The molecule has 1 aliphatic heterocycles. The Morgan fingerprint density at radius 3 is 2.62 bits per heavy atom. The summed E-state index contributed by atoms with van der Waals surface area (Å²) in [5.41, 5.74) is 2.00. The van der Waals surface area contributed by atoms with Crippen molar-refractivity contribution in [2.75, 3.05) is 5.32 Å². The fourth-order valence-electron chi connectivity index (χ4n) is 4.06. The van der Waals surface area contributed by atoms with E-state index in [1.807, 2.05) is 0 Å². The number of nitrogens with zero attached hydrogens (tertiary/aromatic N) is 1. The average Bonchev–Trinajstić information content (AvgIpc) is 3.02. The standard InChI is InChI=1S/C22H23F3N4O2S/c1-29-12-20-17(21(29)22(30)27-15-7-9-18(24)19(25)11-15)8-6-16(28-32(20,26)31)10-13-2-4-14(23)5-3-13/h2-5,7,9,11-12,16,22,27,30H,6,8,10H2,1H3,(H2,26,28,31)/t16-,22?,32?/m1/s1. The number of aliphatic hydroxyl groups is 1. The second-order valence-electron chi connectivity index (χ2n) is 7.88. The zero-order valence-corrected chi connectivity index (χ0v) is 18.1. The zero-order valence-electron chi connectivity index (χ0n) is 17.2. The first-order chi connectivity index (χ1) is 15.1. The number of anilines is 1. The Balaban J connectivity index is 1.59. The number of nitrogens with one attached hydrogen (secondary N) is 3. The zero-order chi connectivity index (χ0) is 23.0. The SMILES string of the molecule is Cn1cc2c(c1C(O)Nc1ccc(F)c(F)c1)CC[C@H](Cc1ccc(F)cc1)NS2(=N)=O. The topological polar surface area (TPSA) is 90.1 Å². The second-order valence-corrected chi connectivity index (χ2v) is 9.67. The maximum Gasteiger partial charge on any atom is 0.166 e. The van der Waals surface area contributed by atoms with Crippen LogP contribution in [0.3, 0.4) is 0 Å². The minimum atomic E-state index is -3.37. The van der Waals surface area contributed by atoms with Crippen LogP contribution in [0.5, 0.6) is 0 Å². The summed E-state index contributed by atoms with van der Waals surface area (Å²) in [4.78, 5) is 0.280. The lowest BCUT2D eigenvalue weighted by molar-refractivity contribution is 0.198. The highest BCUT2D eigenvalue weighted by Gasteiger charge is 2.31. The van der Waals surface area contributed by atoms with E-state index in [1.165, 1.54) is 18.2 Å². The van der Waals surface area contributed by atoms with Crippen molar-refractivity contribution in [2.45, 2.75) is 36.4 Å². The van der Waals surface area contributed by atoms with E-state index in [0.717, 1.165) is 17.7 Å². The lowest BCUT2D eigenvalue weighted by Gasteiger charge is -2.18. The molecule has 2 aromatic carbocycles. The largest absolute Gasteiger partial charge is 0.368 e. The number of hydrogen-bond donors (Lipinski definition) is 4. The average molecular weight is 465 g/mol. The van der Waals surface area contributed by atoms with E-state index in [4.69, 9.17) is 4.78 Å². The molecule has 0 radical (unpaired) electrons. The summed E-state index contributed by atoms with van der Waals surface area (Å²) in [7, 11) is -1.71. The summed E-state index contributed by atoms with van der Waals surface area (Å²) in [6, 6.07) is 8.94. The van der Waals surface area contributed by atoms with E-state index in [1.54, 1.807) is 29.9 Å². The number of aryl methyl sites for hydroxylation is 1. The molecule has 1 aliphatic rings. The van der Waals surface area contributed by atoms with Gasteiger partial charge in [-0.3, -0.25) is 0 Å². The molecule has 0 saturated heterocycles. The van der Waals surface area contributed by atoms with Gasteiger partial charge in [0, 0.05) is 31.0 Å². The van der Waals surface area contributed by atoms with Crippen molar-refractivity contribution >= 4 is 15.6 Å². The fourth-order valence-corrected chi connectivity index (χ4v) is 5.71. The molecule has 6 nitrogen and oxygen atoms in total. The van der Waals surface area contributed by atoms with Crippen LogP contribution >= 0.6 is 0 Å². The number of halogens is 3. The van der Waals surface area contributed by atoms with Crippen LogP contribution in [-0.2, 0) is 29.8 Å². The Morgan fingerprint density at radius 2 is 1.94 bits per heavy atom. The summed E-state index contributed by atoms with van der Waals surface area (Å²) in [5, 5.41) is 13.5. The van der Waals surface area contributed by atoms with Gasteiger partial charge in [0.25, 0.3) is 0 Å². The number of rotatable bonds is 5. The molecule has 4 rings (SSSR count). The molecule has 170 valence electrons. The summed E-state index contributed by atoms with van der Waals surface area (Å²) in [6.45, 7) is 0. The number of aromatic nitrogens is 1. The Hall–Kier alpha value is -2.82. The summed E-state index contributed by atoms with van der Waals surface area (Å²) in [6.07, 6.45) is 1.70. The molecule has 0 aliphatic carbocycles. The van der Waals surface area contributed by atoms with Gasteiger partial charge < -0.3 is 15.0 Å². The van der Waals surface area contributed by atoms with Crippen LogP contribution in [0.2, 0.25) is 0 Å². The Bertz CT molecular complexity index is 1240. The molecule has 3 aromatic rings. The third-order valence-corrected chi connectivity index (χ3v) is 7.20. The maximum absolute atomic E-state index is 13.5. The fraction of sp³-hybridized carbons (Fsp3) is 0.273. The van der Waals surface area contributed by atoms with Crippen molar-refractivity contribution in [1.29, 1.82) is 4.78 Å². The highest BCUT2D eigenvalue weighted by atomic mass is 32.2. The monoisotopic (exact) mass is 464 g/mol. The summed E-state index contributed by atoms with van der Waals surface area (Å²) < 4.78 is 66.1. The predicted octanol–water partition coefficient (Wildman–Crippen LogP) is 4.01. The van der Waals surface area contributed by atoms with Crippen LogP contribution in [0.1, 0.15) is 29.5 Å². The van der Waals surface area contributed by atoms with Gasteiger partial charge in [0.15, 0.2) is 17.9 Å². The minimum Gasteiger partial charge on any atom is -0.368 e. The number of hydrogen-bond acceptors (Lipinski definition) is 4. The number of aliphatic hydroxyl groups excluding tert-OH is 1. The van der Waals surface area contributed by atoms with Gasteiger partial charge in [-0.1, -0.05) is 12.1 Å². The van der Waals surface area contributed by atoms with Crippen molar-refractivity contribution in [3.05, 3.63) is 82.9 Å². The molecular weight excluding hydrogens is 441 g/mol. The van der Waals surface area contributed by atoms with E-state index >= 15 is 0 Å². The summed E-state index contributed by atoms with van der Waals surface area (Å²) >= 11 is 0. The van der Waals surface area contributed by atoms with Gasteiger partial charge >= 0.3 is 0 Å². The maximum atomic E-state index is 13.5. The van der Waals surface area contributed by atoms with Crippen LogP contribution < -0.4 is 10.0 Å². The van der Waals surface area contributed by atoms with Gasteiger partial charge in [0.1, 0.15) is 15.7 Å². The number of benzene rings is 2. The molecule has 0 spiro atoms. The first-order valence-corrected chi connectivity index (χ1v) is 11.6. The lowest BCUT2D eigenvalue weighted by Crippen LogP contribution is -2.34. The Labute approximate surface area is 184 Å². The molecule has 32 heavy (non-hydrogen) atoms. The summed E-state index contributed by atoms with van der Waals surface area (Å²) in [5.74, 6) is -2.38. The quantitative estimate of drug-likeness (QED) is 0.430. The second kappa shape index (κ2) is 8.61. The van der Waals surface area contributed by atoms with Gasteiger partial charge in [-0.25, -0.2) is 26.9 Å². The first-order valence-electron chi connectivity index (χ1n) is 10.0. The van der Waals surface area contributed by atoms with Crippen LogP contribution in [0, 0.1) is 22.2 Å². The van der Waals surface area contributed by atoms with E-state index in [2.05, 4.69) is 10.0 Å². The van der Waals surface area contributed by atoms with Gasteiger partial charge in [0.05, 0.1) is 10.6 Å². The van der Waals surface area contributed by atoms with Crippen LogP contribution in [0.25, 0.3) is 0 Å². The van der Waals surface area contributed by atoms with Gasteiger partial charge in [-0.05, 0) is 54.7 Å². The molecule has 3 atom stereocenters. The highest BCUT2D eigenvalue weighted by molar-refractivity contribution is 7.90. The van der Waals surface area contributed by atoms with Gasteiger partial charge in [-0.15, -0.1) is 0 Å². The Kier molecular flexibility index (Phi) is 6.02. The normalized spacial score (nSPS) is 21.6. The molecule has 2 unspecified atom stereocenters. The molecule has 10 heteroatoms. The first kappa shape index (κ1) is 22.4. The lowest BCUT2D eigenvalue weighted by atomic mass is 9.99. The van der Waals surface area contributed by atoms with Crippen molar-refractivity contribution in [3.63, 3.8) is 0 Å². The highest BCUT2D eigenvalue weighted by Crippen LogP contribution is 2.32. The van der Waals surface area contributed by atoms with Crippen LogP contribution in [0.4, 0.5) is 18.9 Å². The predicted molar refractivity (Wildman–Crippen MR) is 115 cm³/mol. The minimum absolute atomic E-state index is 0.180. The molecule has 0 saturated carbocycles. The van der Waals surface area contributed by atoms with Crippen molar-refractivity contribution in [3.8, 4) is 0 Å². The molecule has 2 heterocycles. The molecule has 4 N–H and O–H groups in total. The molecule has 0 fully saturated rings. The molecule has 1 aromatic heterocycles. The van der Waals surface area contributed by atoms with E-state index in [-0.39, 0.29) is 22.4 Å². The van der Waals surface area contributed by atoms with E-state index in [9.17, 15) is 22.5 Å². The smallest absolute Gasteiger partial charge is 0.166 e. The molecular formula is C22H23F3N4O2S. The van der Waals surface area contributed by atoms with Crippen LogP contribution in [0.15, 0.2) is 53.6 Å². The molecule has 0 amide bonds. The van der Waals surface area contributed by atoms with Gasteiger partial charge in [-0.2, -0.15) is 0 Å². The van der Waals surface area contributed by atoms with Crippen molar-refractivity contribution in [1.82, 2.24) is 9.29 Å². The van der Waals surface area contributed by atoms with E-state index in [0.29, 0.717) is 30.5 Å². The number of fused-ring (bicyclic) bond motifs is 1. The van der Waals surface area contributed by atoms with Gasteiger partial charge in [0.2, 0.25) is 0 Å². The molecule has 0 bridgehead atoms. The van der Waals surface area contributed by atoms with E-state index < -0.39 is 27.8 Å². The third kappa shape index (κ3) is 4.52. The Morgan fingerprint density at radius 1 is 1.22 bits per heavy atom. The van der Waals surface area contributed by atoms with Crippen LogP contribution in [-0.4, -0.2) is 19.9 Å². The van der Waals surface area contributed by atoms with Crippen molar-refractivity contribution < 1.29 is 22.5 Å².